The third-order valence-corrected chi connectivity index (χ3v) is 4.57. The second-order valence-electron chi connectivity index (χ2n) is 6.21. The van der Waals surface area contributed by atoms with Gasteiger partial charge in [0.1, 0.15) is 0 Å². The Morgan fingerprint density at radius 1 is 1.07 bits per heavy atom. The largest absolute Gasteiger partial charge is 0.490 e. The molecule has 0 fully saturated rings. The fraction of sp³-hybridized carbons (Fsp3) is 0.304. The summed E-state index contributed by atoms with van der Waals surface area (Å²) in [6, 6.07) is 12.9. The first-order valence-electron chi connectivity index (χ1n) is 9.74. The first-order chi connectivity index (χ1) is 14.5. The van der Waals surface area contributed by atoms with Crippen LogP contribution in [0.2, 0.25) is 0 Å². The molecule has 0 saturated carbocycles. The minimum absolute atomic E-state index is 0.360. The van der Waals surface area contributed by atoms with Crippen LogP contribution >= 0.6 is 11.8 Å². The summed E-state index contributed by atoms with van der Waals surface area (Å²) in [6.45, 7) is 4.68. The summed E-state index contributed by atoms with van der Waals surface area (Å²) in [5.41, 5.74) is 1.42. The highest BCUT2D eigenvalue weighted by Gasteiger charge is 2.08. The van der Waals surface area contributed by atoms with Crippen LogP contribution < -0.4 is 14.8 Å². The third kappa shape index (κ3) is 7.83. The van der Waals surface area contributed by atoms with E-state index in [9.17, 15) is 9.59 Å². The highest BCUT2D eigenvalue weighted by molar-refractivity contribution is 7.98. The molecule has 2 aromatic carbocycles. The standard InChI is InChI=1S/C23H27NO5S/c1-4-13-28-20-11-9-17(14-21(20)27-5-2)10-12-23(26)29-16-22(25)24-18-7-6-8-19(15-18)30-3/h6-12,14-15H,4-5,13,16H2,1-3H3,(H,24,25)/b12-10+. The van der Waals surface area contributed by atoms with E-state index in [0.717, 1.165) is 16.9 Å². The van der Waals surface area contributed by atoms with E-state index in [2.05, 4.69) is 5.32 Å². The molecular weight excluding hydrogens is 402 g/mol. The number of benzene rings is 2. The Morgan fingerprint density at radius 3 is 2.63 bits per heavy atom. The predicted octanol–water partition coefficient (Wildman–Crippen LogP) is 4.79. The average molecular weight is 430 g/mol. The normalized spacial score (nSPS) is 10.6. The van der Waals surface area contributed by atoms with Gasteiger partial charge in [0.15, 0.2) is 18.1 Å². The molecule has 30 heavy (non-hydrogen) atoms. The summed E-state index contributed by atoms with van der Waals surface area (Å²) in [4.78, 5) is 25.0. The molecule has 160 valence electrons. The van der Waals surface area contributed by atoms with Crippen LogP contribution in [0.15, 0.2) is 53.4 Å². The van der Waals surface area contributed by atoms with Gasteiger partial charge in [-0.3, -0.25) is 4.79 Å². The highest BCUT2D eigenvalue weighted by atomic mass is 32.2. The Hall–Kier alpha value is -2.93. The van der Waals surface area contributed by atoms with Crippen LogP contribution in [0.3, 0.4) is 0 Å². The lowest BCUT2D eigenvalue weighted by molar-refractivity contribution is -0.142. The summed E-state index contributed by atoms with van der Waals surface area (Å²) in [7, 11) is 0. The number of carbonyl (C=O) groups excluding carboxylic acids is 2. The van der Waals surface area contributed by atoms with Crippen molar-refractivity contribution in [2.45, 2.75) is 25.2 Å². The van der Waals surface area contributed by atoms with Crippen LogP contribution in [0, 0.1) is 0 Å². The van der Waals surface area contributed by atoms with Gasteiger partial charge in [-0.25, -0.2) is 4.79 Å². The zero-order chi connectivity index (χ0) is 21.8. The number of thioether (sulfide) groups is 1. The molecular formula is C23H27NO5S. The monoisotopic (exact) mass is 429 g/mol. The molecule has 0 saturated heterocycles. The first-order valence-corrected chi connectivity index (χ1v) is 11.0. The minimum atomic E-state index is -0.604. The molecule has 0 unspecified atom stereocenters. The van der Waals surface area contributed by atoms with Gasteiger partial charge in [0.25, 0.3) is 5.91 Å². The topological polar surface area (TPSA) is 73.9 Å². The van der Waals surface area contributed by atoms with Crippen molar-refractivity contribution in [3.8, 4) is 11.5 Å². The lowest BCUT2D eigenvalue weighted by atomic mass is 10.2. The second kappa shape index (κ2) is 12.6. The molecule has 0 spiro atoms. The maximum absolute atomic E-state index is 12.0. The number of hydrogen-bond acceptors (Lipinski definition) is 6. The number of hydrogen-bond donors (Lipinski definition) is 1. The summed E-state index contributed by atoms with van der Waals surface area (Å²) >= 11 is 1.58. The summed E-state index contributed by atoms with van der Waals surface area (Å²) < 4.78 is 16.3. The van der Waals surface area contributed by atoms with Crippen LogP contribution in [0.4, 0.5) is 5.69 Å². The van der Waals surface area contributed by atoms with Crippen LogP contribution in [-0.2, 0) is 14.3 Å². The third-order valence-electron chi connectivity index (χ3n) is 3.84. The molecule has 0 aliphatic rings. The molecule has 2 rings (SSSR count). The molecule has 0 aromatic heterocycles. The van der Waals surface area contributed by atoms with Crippen molar-refractivity contribution in [2.75, 3.05) is 31.4 Å². The number of ether oxygens (including phenoxy) is 3. The summed E-state index contributed by atoms with van der Waals surface area (Å²) in [6.07, 6.45) is 5.74. The van der Waals surface area contributed by atoms with Crippen molar-refractivity contribution >= 4 is 35.4 Å². The molecule has 7 heteroatoms. The van der Waals surface area contributed by atoms with E-state index in [1.807, 2.05) is 50.4 Å². The molecule has 2 aromatic rings. The average Bonchev–Trinajstić information content (AvgIpc) is 2.76. The van der Waals surface area contributed by atoms with Crippen LogP contribution in [0.5, 0.6) is 11.5 Å². The first kappa shape index (κ1) is 23.3. The molecule has 1 N–H and O–H groups in total. The van der Waals surface area contributed by atoms with E-state index in [0.29, 0.717) is 30.4 Å². The number of carbonyl (C=O) groups is 2. The van der Waals surface area contributed by atoms with Gasteiger partial charge in [-0.05, 0) is 61.6 Å². The van der Waals surface area contributed by atoms with Gasteiger partial charge in [0, 0.05) is 16.7 Å². The fourth-order valence-corrected chi connectivity index (χ4v) is 2.93. The zero-order valence-electron chi connectivity index (χ0n) is 17.5. The maximum Gasteiger partial charge on any atom is 0.331 e. The molecule has 0 aliphatic carbocycles. The van der Waals surface area contributed by atoms with Crippen molar-refractivity contribution in [3.63, 3.8) is 0 Å². The SMILES string of the molecule is CCCOc1ccc(/C=C/C(=O)OCC(=O)Nc2cccc(SC)c2)cc1OCC. The maximum atomic E-state index is 12.0. The van der Waals surface area contributed by atoms with E-state index in [-0.39, 0.29) is 6.61 Å². The van der Waals surface area contributed by atoms with E-state index in [1.165, 1.54) is 6.08 Å². The number of anilines is 1. The molecule has 0 radical (unpaired) electrons. The van der Waals surface area contributed by atoms with E-state index in [1.54, 1.807) is 30.0 Å². The smallest absolute Gasteiger partial charge is 0.331 e. The van der Waals surface area contributed by atoms with E-state index < -0.39 is 11.9 Å². The lowest BCUT2D eigenvalue weighted by Crippen LogP contribution is -2.20. The Bertz CT molecular complexity index is 882. The number of nitrogens with one attached hydrogen (secondary N) is 1. The van der Waals surface area contributed by atoms with Crippen molar-refractivity contribution in [2.24, 2.45) is 0 Å². The summed E-state index contributed by atoms with van der Waals surface area (Å²) in [5, 5.41) is 2.71. The van der Waals surface area contributed by atoms with Gasteiger partial charge >= 0.3 is 5.97 Å². The Labute approximate surface area is 181 Å². The number of esters is 1. The van der Waals surface area contributed by atoms with Crippen molar-refractivity contribution in [3.05, 3.63) is 54.1 Å². The van der Waals surface area contributed by atoms with Gasteiger partial charge in [-0.15, -0.1) is 11.8 Å². The Morgan fingerprint density at radius 2 is 1.90 bits per heavy atom. The minimum Gasteiger partial charge on any atom is -0.490 e. The van der Waals surface area contributed by atoms with Crippen LogP contribution in [0.1, 0.15) is 25.8 Å². The second-order valence-corrected chi connectivity index (χ2v) is 7.09. The summed E-state index contributed by atoms with van der Waals surface area (Å²) in [5.74, 6) is 0.285. The van der Waals surface area contributed by atoms with Gasteiger partial charge in [0.2, 0.25) is 0 Å². The Balaban J connectivity index is 1.88. The molecule has 0 heterocycles. The van der Waals surface area contributed by atoms with Gasteiger partial charge in [-0.1, -0.05) is 19.1 Å². The molecule has 0 atom stereocenters. The number of rotatable bonds is 11. The highest BCUT2D eigenvalue weighted by Crippen LogP contribution is 2.29. The molecule has 1 amide bonds. The lowest BCUT2D eigenvalue weighted by Gasteiger charge is -2.12. The van der Waals surface area contributed by atoms with E-state index in [4.69, 9.17) is 14.2 Å². The van der Waals surface area contributed by atoms with Crippen LogP contribution in [-0.4, -0.2) is 38.0 Å². The molecule has 6 nitrogen and oxygen atoms in total. The fourth-order valence-electron chi connectivity index (χ4n) is 2.47. The molecule has 0 bridgehead atoms. The van der Waals surface area contributed by atoms with Gasteiger partial charge in [0.05, 0.1) is 13.2 Å². The van der Waals surface area contributed by atoms with Crippen molar-refractivity contribution in [1.29, 1.82) is 0 Å². The van der Waals surface area contributed by atoms with Crippen molar-refractivity contribution < 1.29 is 23.8 Å². The quantitative estimate of drug-likeness (QED) is 0.314. The van der Waals surface area contributed by atoms with Crippen LogP contribution in [0.25, 0.3) is 6.08 Å². The van der Waals surface area contributed by atoms with Crippen molar-refractivity contribution in [1.82, 2.24) is 0 Å². The van der Waals surface area contributed by atoms with Gasteiger partial charge in [-0.2, -0.15) is 0 Å². The van der Waals surface area contributed by atoms with Gasteiger partial charge < -0.3 is 19.5 Å². The molecule has 0 aliphatic heterocycles. The zero-order valence-corrected chi connectivity index (χ0v) is 18.3. The Kier molecular flexibility index (Phi) is 9.80. The number of amides is 1. The van der Waals surface area contributed by atoms with E-state index >= 15 is 0 Å². The predicted molar refractivity (Wildman–Crippen MR) is 120 cm³/mol.